The fourth-order valence-electron chi connectivity index (χ4n) is 1.21. The second kappa shape index (κ2) is 11.5. The van der Waals surface area contributed by atoms with Crippen LogP contribution in [0.4, 0.5) is 0 Å². The first-order valence-corrected chi connectivity index (χ1v) is 5.85. The van der Waals surface area contributed by atoms with Crippen molar-refractivity contribution in [3.05, 3.63) is 0 Å². The lowest BCUT2D eigenvalue weighted by Gasteiger charge is -2.05. The molecule has 4 heteroatoms. The van der Waals surface area contributed by atoms with E-state index >= 15 is 0 Å². The second-order valence-electron chi connectivity index (χ2n) is 3.61. The van der Waals surface area contributed by atoms with Crippen molar-refractivity contribution >= 4 is 5.91 Å². The maximum atomic E-state index is 11.2. The third-order valence-corrected chi connectivity index (χ3v) is 2.03. The highest BCUT2D eigenvalue weighted by atomic mass is 16.5. The molecule has 15 heavy (non-hydrogen) atoms. The Morgan fingerprint density at radius 1 is 1.27 bits per heavy atom. The molecule has 0 aromatic heterocycles. The van der Waals surface area contributed by atoms with Gasteiger partial charge in [-0.25, -0.2) is 0 Å². The van der Waals surface area contributed by atoms with Gasteiger partial charge in [-0.05, 0) is 25.8 Å². The van der Waals surface area contributed by atoms with E-state index in [1.54, 1.807) is 0 Å². The van der Waals surface area contributed by atoms with Gasteiger partial charge in [-0.1, -0.05) is 19.8 Å². The number of carbonyl (C=O) groups is 1. The van der Waals surface area contributed by atoms with E-state index in [0.29, 0.717) is 6.61 Å². The van der Waals surface area contributed by atoms with Crippen LogP contribution in [0.25, 0.3) is 0 Å². The molecule has 1 amide bonds. The Hall–Kier alpha value is -0.610. The molecule has 0 heterocycles. The third-order valence-electron chi connectivity index (χ3n) is 2.03. The van der Waals surface area contributed by atoms with Crippen LogP contribution in [0.15, 0.2) is 0 Å². The van der Waals surface area contributed by atoms with E-state index in [1.807, 2.05) is 6.92 Å². The van der Waals surface area contributed by atoms with E-state index in [1.165, 1.54) is 0 Å². The summed E-state index contributed by atoms with van der Waals surface area (Å²) in [5.74, 6) is -0.0118. The second-order valence-corrected chi connectivity index (χ2v) is 3.61. The average molecular weight is 216 g/mol. The van der Waals surface area contributed by atoms with Gasteiger partial charge in [-0.3, -0.25) is 4.79 Å². The van der Waals surface area contributed by atoms with Crippen LogP contribution in [0.1, 0.15) is 39.0 Å². The zero-order chi connectivity index (χ0) is 11.4. The molecule has 0 aliphatic carbocycles. The lowest BCUT2D eigenvalue weighted by molar-refractivity contribution is -0.125. The van der Waals surface area contributed by atoms with Crippen LogP contribution in [0.5, 0.6) is 0 Å². The lowest BCUT2D eigenvalue weighted by Crippen LogP contribution is -2.28. The molecule has 0 aromatic carbocycles. The van der Waals surface area contributed by atoms with Crippen LogP contribution in [0.2, 0.25) is 0 Å². The first-order chi connectivity index (χ1) is 7.31. The van der Waals surface area contributed by atoms with Crippen LogP contribution in [-0.4, -0.2) is 32.2 Å². The molecule has 0 atom stereocenters. The maximum Gasteiger partial charge on any atom is 0.245 e. The van der Waals surface area contributed by atoms with Crippen molar-refractivity contribution < 1.29 is 9.53 Å². The van der Waals surface area contributed by atoms with E-state index in [-0.39, 0.29) is 12.5 Å². The predicted molar refractivity (Wildman–Crippen MR) is 61.6 cm³/mol. The van der Waals surface area contributed by atoms with Crippen molar-refractivity contribution in [2.24, 2.45) is 5.73 Å². The van der Waals surface area contributed by atoms with Crippen molar-refractivity contribution in [3.8, 4) is 0 Å². The molecule has 90 valence electrons. The summed E-state index contributed by atoms with van der Waals surface area (Å²) in [5, 5.41) is 2.82. The summed E-state index contributed by atoms with van der Waals surface area (Å²) in [7, 11) is 0. The standard InChI is InChI=1S/C11H24N2O2/c1-2-9-15-10-11(14)13-8-6-4-3-5-7-12/h2-10,12H2,1H3,(H,13,14). The number of rotatable bonds is 10. The van der Waals surface area contributed by atoms with Gasteiger partial charge in [0, 0.05) is 13.2 Å². The molecule has 0 aliphatic heterocycles. The number of nitrogens with two attached hydrogens (primary N) is 1. The van der Waals surface area contributed by atoms with E-state index in [2.05, 4.69) is 5.32 Å². The van der Waals surface area contributed by atoms with Gasteiger partial charge in [0.25, 0.3) is 0 Å². The topological polar surface area (TPSA) is 64.3 Å². The molecule has 0 bridgehead atoms. The van der Waals surface area contributed by atoms with E-state index in [0.717, 1.165) is 45.2 Å². The summed E-state index contributed by atoms with van der Waals surface area (Å²) in [5.41, 5.74) is 5.37. The molecule has 0 spiro atoms. The molecule has 0 aliphatic rings. The SMILES string of the molecule is CCCOCC(=O)NCCCCCCN. The zero-order valence-corrected chi connectivity index (χ0v) is 9.76. The summed E-state index contributed by atoms with van der Waals surface area (Å²) in [6, 6.07) is 0. The lowest BCUT2D eigenvalue weighted by atomic mass is 10.2. The zero-order valence-electron chi connectivity index (χ0n) is 9.76. The first-order valence-electron chi connectivity index (χ1n) is 5.85. The van der Waals surface area contributed by atoms with Gasteiger partial charge in [0.15, 0.2) is 0 Å². The quantitative estimate of drug-likeness (QED) is 0.536. The normalized spacial score (nSPS) is 10.3. The highest BCUT2D eigenvalue weighted by Gasteiger charge is 1.99. The van der Waals surface area contributed by atoms with Gasteiger partial charge in [0.1, 0.15) is 6.61 Å². The van der Waals surface area contributed by atoms with Crippen LogP contribution in [-0.2, 0) is 9.53 Å². The molecule has 0 rings (SSSR count). The molecular weight excluding hydrogens is 192 g/mol. The van der Waals surface area contributed by atoms with Gasteiger partial charge in [0.2, 0.25) is 5.91 Å². The van der Waals surface area contributed by atoms with Crippen molar-refractivity contribution in [3.63, 3.8) is 0 Å². The summed E-state index contributed by atoms with van der Waals surface area (Å²) < 4.78 is 5.11. The molecule has 0 aromatic rings. The fraction of sp³-hybridized carbons (Fsp3) is 0.909. The molecule has 0 saturated carbocycles. The number of amides is 1. The highest BCUT2D eigenvalue weighted by molar-refractivity contribution is 5.77. The largest absolute Gasteiger partial charge is 0.372 e. The van der Waals surface area contributed by atoms with Crippen molar-refractivity contribution in [1.29, 1.82) is 0 Å². The summed E-state index contributed by atoms with van der Waals surface area (Å²) in [4.78, 5) is 11.2. The van der Waals surface area contributed by atoms with Crippen LogP contribution < -0.4 is 11.1 Å². The molecule has 4 nitrogen and oxygen atoms in total. The third kappa shape index (κ3) is 11.3. The van der Waals surface area contributed by atoms with E-state index in [9.17, 15) is 4.79 Å². The molecule has 0 unspecified atom stereocenters. The molecule has 0 saturated heterocycles. The Labute approximate surface area is 92.6 Å². The average Bonchev–Trinajstić information content (AvgIpc) is 2.23. The Kier molecular flexibility index (Phi) is 11.0. The Morgan fingerprint density at radius 3 is 2.67 bits per heavy atom. The van der Waals surface area contributed by atoms with Crippen LogP contribution in [0, 0.1) is 0 Å². The Bertz CT molecular complexity index is 152. The Balaban J connectivity index is 3.10. The highest BCUT2D eigenvalue weighted by Crippen LogP contribution is 1.96. The van der Waals surface area contributed by atoms with Gasteiger partial charge >= 0.3 is 0 Å². The summed E-state index contributed by atoms with van der Waals surface area (Å²) in [6.07, 6.45) is 5.34. The number of nitrogens with one attached hydrogen (secondary N) is 1. The van der Waals surface area contributed by atoms with Gasteiger partial charge in [0.05, 0.1) is 0 Å². The summed E-state index contributed by atoms with van der Waals surface area (Å²) in [6.45, 7) is 4.38. The molecule has 0 radical (unpaired) electrons. The van der Waals surface area contributed by atoms with Crippen LogP contribution >= 0.6 is 0 Å². The van der Waals surface area contributed by atoms with E-state index in [4.69, 9.17) is 10.5 Å². The van der Waals surface area contributed by atoms with Gasteiger partial charge in [-0.2, -0.15) is 0 Å². The minimum Gasteiger partial charge on any atom is -0.372 e. The van der Waals surface area contributed by atoms with Crippen molar-refractivity contribution in [1.82, 2.24) is 5.32 Å². The Morgan fingerprint density at radius 2 is 2.00 bits per heavy atom. The summed E-state index contributed by atoms with van der Waals surface area (Å²) >= 11 is 0. The van der Waals surface area contributed by atoms with E-state index < -0.39 is 0 Å². The predicted octanol–water partition coefficient (Wildman–Crippen LogP) is 1.05. The first kappa shape index (κ1) is 14.4. The van der Waals surface area contributed by atoms with Crippen molar-refractivity contribution in [2.45, 2.75) is 39.0 Å². The maximum absolute atomic E-state index is 11.2. The monoisotopic (exact) mass is 216 g/mol. The number of hydrogen-bond donors (Lipinski definition) is 2. The minimum atomic E-state index is -0.0118. The fourth-order valence-corrected chi connectivity index (χ4v) is 1.21. The van der Waals surface area contributed by atoms with Gasteiger partial charge in [-0.15, -0.1) is 0 Å². The number of carbonyl (C=O) groups excluding carboxylic acids is 1. The number of ether oxygens (including phenoxy) is 1. The number of hydrogen-bond acceptors (Lipinski definition) is 3. The van der Waals surface area contributed by atoms with Crippen molar-refractivity contribution in [2.75, 3.05) is 26.3 Å². The molecule has 3 N–H and O–H groups in total. The number of unbranched alkanes of at least 4 members (excludes halogenated alkanes) is 3. The molecule has 0 fully saturated rings. The molecular formula is C11H24N2O2. The minimum absolute atomic E-state index is 0.0118. The van der Waals surface area contributed by atoms with Gasteiger partial charge < -0.3 is 15.8 Å². The smallest absolute Gasteiger partial charge is 0.245 e. The van der Waals surface area contributed by atoms with Crippen LogP contribution in [0.3, 0.4) is 0 Å².